The van der Waals surface area contributed by atoms with Gasteiger partial charge in [-0.05, 0) is 12.1 Å². The monoisotopic (exact) mass is 188 g/mol. The fourth-order valence-electron chi connectivity index (χ4n) is 0.897. The standard InChI is InChI=1S/C8H10F2N2O/c9-8(10)6-3-1-2-5(12-6)7(13)4-11/h1-3,7-8,13H,4,11H2. The summed E-state index contributed by atoms with van der Waals surface area (Å²) >= 11 is 0. The highest BCUT2D eigenvalue weighted by Gasteiger charge is 2.12. The van der Waals surface area contributed by atoms with Gasteiger partial charge >= 0.3 is 0 Å². The Morgan fingerprint density at radius 2 is 2.00 bits per heavy atom. The fourth-order valence-corrected chi connectivity index (χ4v) is 0.897. The Morgan fingerprint density at radius 3 is 2.54 bits per heavy atom. The molecule has 0 aliphatic carbocycles. The summed E-state index contributed by atoms with van der Waals surface area (Å²) in [5.74, 6) is 0. The largest absolute Gasteiger partial charge is 0.385 e. The van der Waals surface area contributed by atoms with Gasteiger partial charge in [0.25, 0.3) is 6.43 Å². The number of nitrogens with two attached hydrogens (primary N) is 1. The molecule has 1 aromatic heterocycles. The number of halogens is 2. The van der Waals surface area contributed by atoms with Crippen LogP contribution in [0.1, 0.15) is 23.9 Å². The van der Waals surface area contributed by atoms with E-state index >= 15 is 0 Å². The van der Waals surface area contributed by atoms with Crippen LogP contribution in [0.5, 0.6) is 0 Å². The first-order valence-corrected chi connectivity index (χ1v) is 3.78. The van der Waals surface area contributed by atoms with Crippen LogP contribution in [0.25, 0.3) is 0 Å². The highest BCUT2D eigenvalue weighted by molar-refractivity contribution is 5.14. The van der Waals surface area contributed by atoms with Gasteiger partial charge in [0.1, 0.15) is 11.8 Å². The van der Waals surface area contributed by atoms with E-state index in [-0.39, 0.29) is 17.9 Å². The second-order valence-corrected chi connectivity index (χ2v) is 2.54. The van der Waals surface area contributed by atoms with Crippen LogP contribution >= 0.6 is 0 Å². The maximum Gasteiger partial charge on any atom is 0.280 e. The average molecular weight is 188 g/mol. The van der Waals surface area contributed by atoms with E-state index in [9.17, 15) is 13.9 Å². The summed E-state index contributed by atoms with van der Waals surface area (Å²) < 4.78 is 24.3. The minimum atomic E-state index is -2.62. The maximum atomic E-state index is 12.1. The first-order valence-electron chi connectivity index (χ1n) is 3.78. The smallest absolute Gasteiger partial charge is 0.280 e. The molecule has 0 bridgehead atoms. The maximum absolute atomic E-state index is 12.1. The zero-order valence-corrected chi connectivity index (χ0v) is 6.82. The molecule has 0 aromatic carbocycles. The second-order valence-electron chi connectivity index (χ2n) is 2.54. The highest BCUT2D eigenvalue weighted by Crippen LogP contribution is 2.18. The number of aliphatic hydroxyl groups is 1. The molecule has 5 heteroatoms. The molecule has 0 aliphatic rings. The Bertz CT molecular complexity index is 281. The van der Waals surface area contributed by atoms with Crippen molar-refractivity contribution in [2.75, 3.05) is 6.54 Å². The van der Waals surface area contributed by atoms with Crippen molar-refractivity contribution in [3.63, 3.8) is 0 Å². The van der Waals surface area contributed by atoms with E-state index in [1.807, 2.05) is 0 Å². The van der Waals surface area contributed by atoms with E-state index in [2.05, 4.69) is 4.98 Å². The number of pyridine rings is 1. The number of hydrogen-bond acceptors (Lipinski definition) is 3. The summed E-state index contributed by atoms with van der Waals surface area (Å²) in [6, 6.07) is 4.09. The Hall–Kier alpha value is -1.07. The van der Waals surface area contributed by atoms with Crippen LogP contribution in [0.15, 0.2) is 18.2 Å². The first-order chi connectivity index (χ1) is 6.15. The van der Waals surface area contributed by atoms with Gasteiger partial charge in [0.05, 0.1) is 5.69 Å². The van der Waals surface area contributed by atoms with Crippen molar-refractivity contribution in [3.8, 4) is 0 Å². The number of aliphatic hydroxyl groups excluding tert-OH is 1. The third-order valence-electron chi connectivity index (χ3n) is 1.58. The Balaban J connectivity index is 2.91. The molecule has 1 atom stereocenters. The summed E-state index contributed by atoms with van der Waals surface area (Å²) in [6.45, 7) is -0.0281. The normalized spacial score (nSPS) is 13.3. The summed E-state index contributed by atoms with van der Waals surface area (Å²) in [5, 5.41) is 9.20. The van der Waals surface area contributed by atoms with Gasteiger partial charge in [0, 0.05) is 6.54 Å². The van der Waals surface area contributed by atoms with Crippen LogP contribution < -0.4 is 5.73 Å². The minimum Gasteiger partial charge on any atom is -0.385 e. The lowest BCUT2D eigenvalue weighted by atomic mass is 10.2. The number of alkyl halides is 2. The van der Waals surface area contributed by atoms with Gasteiger partial charge in [-0.1, -0.05) is 6.07 Å². The topological polar surface area (TPSA) is 59.1 Å². The van der Waals surface area contributed by atoms with Crippen LogP contribution in [0.4, 0.5) is 8.78 Å². The van der Waals surface area contributed by atoms with Crippen LogP contribution in [0.3, 0.4) is 0 Å². The molecule has 0 amide bonds. The lowest BCUT2D eigenvalue weighted by Crippen LogP contribution is -2.13. The Labute approximate surface area is 74.2 Å². The van der Waals surface area contributed by atoms with Gasteiger partial charge in [0.2, 0.25) is 0 Å². The van der Waals surface area contributed by atoms with Crippen LogP contribution in [-0.4, -0.2) is 16.6 Å². The van der Waals surface area contributed by atoms with Crippen molar-refractivity contribution < 1.29 is 13.9 Å². The SMILES string of the molecule is NCC(O)c1cccc(C(F)F)n1. The summed E-state index contributed by atoms with van der Waals surface area (Å²) in [4.78, 5) is 3.56. The molecule has 72 valence electrons. The number of nitrogens with zero attached hydrogens (tertiary/aromatic N) is 1. The van der Waals surface area contributed by atoms with E-state index < -0.39 is 12.5 Å². The fraction of sp³-hybridized carbons (Fsp3) is 0.375. The molecule has 0 spiro atoms. The zero-order valence-electron chi connectivity index (χ0n) is 6.82. The molecule has 0 aliphatic heterocycles. The van der Waals surface area contributed by atoms with Crippen molar-refractivity contribution in [1.82, 2.24) is 4.98 Å². The van der Waals surface area contributed by atoms with Gasteiger partial charge in [-0.15, -0.1) is 0 Å². The molecule has 1 heterocycles. The first kappa shape index (κ1) is 10.0. The van der Waals surface area contributed by atoms with Crippen molar-refractivity contribution in [1.29, 1.82) is 0 Å². The van der Waals surface area contributed by atoms with E-state index in [1.54, 1.807) is 0 Å². The Kier molecular flexibility index (Phi) is 3.27. The number of rotatable bonds is 3. The van der Waals surface area contributed by atoms with Crippen molar-refractivity contribution >= 4 is 0 Å². The van der Waals surface area contributed by atoms with Gasteiger partial charge in [-0.2, -0.15) is 0 Å². The molecule has 0 saturated heterocycles. The lowest BCUT2D eigenvalue weighted by Gasteiger charge is -2.07. The molecule has 1 rings (SSSR count). The molecule has 0 fully saturated rings. The van der Waals surface area contributed by atoms with Gasteiger partial charge in [0.15, 0.2) is 0 Å². The van der Waals surface area contributed by atoms with Crippen LogP contribution in [0.2, 0.25) is 0 Å². The quantitative estimate of drug-likeness (QED) is 0.744. The van der Waals surface area contributed by atoms with Crippen molar-refractivity contribution in [3.05, 3.63) is 29.6 Å². The predicted octanol–water partition coefficient (Wildman–Crippen LogP) is 1.01. The molecule has 3 nitrogen and oxygen atoms in total. The van der Waals surface area contributed by atoms with Crippen molar-refractivity contribution in [2.45, 2.75) is 12.5 Å². The molecular weight excluding hydrogens is 178 g/mol. The van der Waals surface area contributed by atoms with E-state index in [1.165, 1.54) is 18.2 Å². The number of hydrogen-bond donors (Lipinski definition) is 2. The zero-order chi connectivity index (χ0) is 9.84. The molecule has 3 N–H and O–H groups in total. The van der Waals surface area contributed by atoms with Crippen molar-refractivity contribution in [2.24, 2.45) is 5.73 Å². The van der Waals surface area contributed by atoms with Gasteiger partial charge < -0.3 is 10.8 Å². The molecular formula is C8H10F2N2O. The summed E-state index contributed by atoms with van der Waals surface area (Å²) in [5.41, 5.74) is 4.99. The Morgan fingerprint density at radius 1 is 1.38 bits per heavy atom. The second kappa shape index (κ2) is 4.25. The average Bonchev–Trinajstić information content (AvgIpc) is 2.17. The molecule has 1 unspecified atom stereocenters. The highest BCUT2D eigenvalue weighted by atomic mass is 19.3. The summed E-state index contributed by atoms with van der Waals surface area (Å²) in [6.07, 6.45) is -3.59. The molecule has 1 aromatic rings. The third kappa shape index (κ3) is 2.43. The van der Waals surface area contributed by atoms with E-state index in [0.717, 1.165) is 0 Å². The van der Waals surface area contributed by atoms with Crippen LogP contribution in [0, 0.1) is 0 Å². The molecule has 0 saturated carbocycles. The van der Waals surface area contributed by atoms with Gasteiger partial charge in [-0.25, -0.2) is 13.8 Å². The minimum absolute atomic E-state index is 0.0281. The van der Waals surface area contributed by atoms with Crippen LogP contribution in [-0.2, 0) is 0 Å². The van der Waals surface area contributed by atoms with Gasteiger partial charge in [-0.3, -0.25) is 0 Å². The molecule has 0 radical (unpaired) electrons. The van der Waals surface area contributed by atoms with E-state index in [4.69, 9.17) is 5.73 Å². The molecule has 13 heavy (non-hydrogen) atoms. The predicted molar refractivity (Wildman–Crippen MR) is 43.2 cm³/mol. The number of aromatic nitrogens is 1. The lowest BCUT2D eigenvalue weighted by molar-refractivity contribution is 0.142. The third-order valence-corrected chi connectivity index (χ3v) is 1.58. The van der Waals surface area contributed by atoms with E-state index in [0.29, 0.717) is 0 Å². The summed E-state index contributed by atoms with van der Waals surface area (Å²) in [7, 11) is 0.